The van der Waals surface area contributed by atoms with Gasteiger partial charge in [-0.1, -0.05) is 42.5 Å². The first-order chi connectivity index (χ1) is 14.9. The van der Waals surface area contributed by atoms with Crippen molar-refractivity contribution in [2.24, 2.45) is 0 Å². The number of rotatable bonds is 1. The van der Waals surface area contributed by atoms with E-state index in [0.717, 1.165) is 27.6 Å². The van der Waals surface area contributed by atoms with Crippen molar-refractivity contribution in [3.8, 4) is 5.69 Å². The Balaban J connectivity index is 1.87. The highest BCUT2D eigenvalue weighted by molar-refractivity contribution is 6.27. The van der Waals surface area contributed by atoms with Gasteiger partial charge in [-0.15, -0.1) is 0 Å². The van der Waals surface area contributed by atoms with E-state index in [2.05, 4.69) is 86.7 Å². The van der Waals surface area contributed by atoms with Crippen molar-refractivity contribution in [3.63, 3.8) is 0 Å². The van der Waals surface area contributed by atoms with Gasteiger partial charge in [0.1, 0.15) is 5.65 Å². The second kappa shape index (κ2) is 5.67. The lowest BCUT2D eigenvalue weighted by atomic mass is 10.0. The van der Waals surface area contributed by atoms with Crippen molar-refractivity contribution >= 4 is 49.1 Å². The molecule has 0 bridgehead atoms. The number of nitrogens with zero attached hydrogens (tertiary/aromatic N) is 4. The van der Waals surface area contributed by atoms with Crippen molar-refractivity contribution < 1.29 is 0 Å². The Morgan fingerprint density at radius 3 is 2.40 bits per heavy atom. The Kier molecular flexibility index (Phi) is 2.97. The molecule has 140 valence electrons. The minimum atomic E-state index is 0.968. The van der Waals surface area contributed by atoms with Gasteiger partial charge < -0.3 is 4.57 Å². The van der Waals surface area contributed by atoms with E-state index in [1.165, 1.54) is 27.2 Å². The number of para-hydroxylation sites is 2. The zero-order chi connectivity index (χ0) is 19.7. The van der Waals surface area contributed by atoms with Gasteiger partial charge in [-0.05, 0) is 30.3 Å². The molecule has 0 radical (unpaired) electrons. The van der Waals surface area contributed by atoms with Gasteiger partial charge in [-0.3, -0.25) is 9.38 Å². The van der Waals surface area contributed by atoms with Crippen molar-refractivity contribution in [1.82, 2.24) is 18.9 Å². The molecule has 30 heavy (non-hydrogen) atoms. The fraction of sp³-hybridized carbons (Fsp3) is 0. The number of pyridine rings is 2. The molecule has 0 saturated carbocycles. The zero-order valence-electron chi connectivity index (χ0n) is 16.0. The van der Waals surface area contributed by atoms with E-state index in [4.69, 9.17) is 4.98 Å². The lowest BCUT2D eigenvalue weighted by molar-refractivity contribution is 1.19. The molecular formula is C26H16N4. The molecule has 0 atom stereocenters. The van der Waals surface area contributed by atoms with Crippen LogP contribution in [0.5, 0.6) is 0 Å². The largest absolute Gasteiger partial charge is 0.309 e. The summed E-state index contributed by atoms with van der Waals surface area (Å²) in [6.07, 6.45) is 7.71. The maximum atomic E-state index is 4.69. The van der Waals surface area contributed by atoms with Gasteiger partial charge in [0.25, 0.3) is 0 Å². The second-order valence-electron chi connectivity index (χ2n) is 7.59. The molecule has 7 rings (SSSR count). The molecule has 3 aromatic carbocycles. The van der Waals surface area contributed by atoms with Crippen LogP contribution in [0.4, 0.5) is 0 Å². The van der Waals surface area contributed by atoms with Crippen LogP contribution in [0.25, 0.3) is 54.8 Å². The summed E-state index contributed by atoms with van der Waals surface area (Å²) in [6, 6.07) is 25.7. The maximum absolute atomic E-state index is 4.69. The van der Waals surface area contributed by atoms with Crippen LogP contribution in [0.3, 0.4) is 0 Å². The quantitative estimate of drug-likeness (QED) is 0.319. The molecule has 4 heteroatoms. The van der Waals surface area contributed by atoms with Crippen LogP contribution < -0.4 is 0 Å². The van der Waals surface area contributed by atoms with Gasteiger partial charge in [-0.2, -0.15) is 0 Å². The highest BCUT2D eigenvalue weighted by atomic mass is 15.0. The summed E-state index contributed by atoms with van der Waals surface area (Å²) in [6.45, 7) is 0. The van der Waals surface area contributed by atoms with E-state index in [-0.39, 0.29) is 0 Å². The van der Waals surface area contributed by atoms with Crippen LogP contribution in [0, 0.1) is 0 Å². The topological polar surface area (TPSA) is 35.1 Å². The predicted molar refractivity (Wildman–Crippen MR) is 122 cm³/mol. The lowest BCUT2D eigenvalue weighted by Gasteiger charge is -2.13. The van der Waals surface area contributed by atoms with Crippen LogP contribution in [0.1, 0.15) is 0 Å². The van der Waals surface area contributed by atoms with E-state index in [1.54, 1.807) is 0 Å². The Morgan fingerprint density at radius 2 is 1.47 bits per heavy atom. The Bertz CT molecular complexity index is 1740. The number of fused-ring (bicyclic) bond motifs is 10. The number of imidazole rings is 1. The fourth-order valence-electron chi connectivity index (χ4n) is 4.85. The van der Waals surface area contributed by atoms with Crippen LogP contribution in [-0.4, -0.2) is 18.9 Å². The molecule has 0 fully saturated rings. The molecule has 7 aromatic rings. The third-order valence-electron chi connectivity index (χ3n) is 6.06. The summed E-state index contributed by atoms with van der Waals surface area (Å²) in [4.78, 5) is 9.17. The van der Waals surface area contributed by atoms with E-state index in [9.17, 15) is 0 Å². The van der Waals surface area contributed by atoms with E-state index >= 15 is 0 Å². The molecule has 4 heterocycles. The number of hydrogen-bond donors (Lipinski definition) is 0. The third kappa shape index (κ3) is 1.90. The molecule has 0 aliphatic carbocycles. The van der Waals surface area contributed by atoms with Crippen molar-refractivity contribution in [2.45, 2.75) is 0 Å². The van der Waals surface area contributed by atoms with Gasteiger partial charge in [-0.25, -0.2) is 4.98 Å². The smallest absolute Gasteiger partial charge is 0.145 e. The lowest BCUT2D eigenvalue weighted by Crippen LogP contribution is -1.96. The molecule has 0 spiro atoms. The molecule has 0 N–H and O–H groups in total. The molecule has 4 nitrogen and oxygen atoms in total. The summed E-state index contributed by atoms with van der Waals surface area (Å²) in [5.41, 5.74) is 5.63. The monoisotopic (exact) mass is 384 g/mol. The van der Waals surface area contributed by atoms with E-state index in [0.29, 0.717) is 0 Å². The van der Waals surface area contributed by atoms with Crippen LogP contribution in [0.2, 0.25) is 0 Å². The van der Waals surface area contributed by atoms with Crippen LogP contribution in [0.15, 0.2) is 97.6 Å². The average molecular weight is 384 g/mol. The molecule has 0 aliphatic rings. The Morgan fingerprint density at radius 1 is 0.633 bits per heavy atom. The van der Waals surface area contributed by atoms with Crippen molar-refractivity contribution in [2.75, 3.05) is 0 Å². The molecule has 0 saturated heterocycles. The first-order valence-corrected chi connectivity index (χ1v) is 10.0. The van der Waals surface area contributed by atoms with Crippen LogP contribution >= 0.6 is 0 Å². The summed E-state index contributed by atoms with van der Waals surface area (Å²) >= 11 is 0. The van der Waals surface area contributed by atoms with Crippen molar-refractivity contribution in [3.05, 3.63) is 97.6 Å². The van der Waals surface area contributed by atoms with Gasteiger partial charge >= 0.3 is 0 Å². The SMILES string of the molecule is c1ccc(-n2c3ccccc3c3ccc4c(c5cnccc5n5ccnc45)c32)cc1. The molecule has 0 amide bonds. The van der Waals surface area contributed by atoms with Crippen LogP contribution in [-0.2, 0) is 0 Å². The summed E-state index contributed by atoms with van der Waals surface area (Å²) in [7, 11) is 0. The third-order valence-corrected chi connectivity index (χ3v) is 6.06. The number of benzene rings is 3. The first-order valence-electron chi connectivity index (χ1n) is 10.0. The second-order valence-corrected chi connectivity index (χ2v) is 7.59. The minimum Gasteiger partial charge on any atom is -0.309 e. The molecule has 0 aliphatic heterocycles. The first kappa shape index (κ1) is 15.7. The summed E-state index contributed by atoms with van der Waals surface area (Å²) in [5.74, 6) is 0. The average Bonchev–Trinajstić information content (AvgIpc) is 3.43. The van der Waals surface area contributed by atoms with Gasteiger partial charge in [0, 0.05) is 57.4 Å². The molecular weight excluding hydrogens is 368 g/mol. The summed E-state index contributed by atoms with van der Waals surface area (Å²) < 4.78 is 4.53. The van der Waals surface area contributed by atoms with Gasteiger partial charge in [0.05, 0.1) is 16.6 Å². The highest BCUT2D eigenvalue weighted by Crippen LogP contribution is 2.40. The van der Waals surface area contributed by atoms with E-state index < -0.39 is 0 Å². The predicted octanol–water partition coefficient (Wildman–Crippen LogP) is 6.13. The normalized spacial score (nSPS) is 12.0. The van der Waals surface area contributed by atoms with Gasteiger partial charge in [0.15, 0.2) is 0 Å². The Hall–Kier alpha value is -4.18. The molecule has 0 unspecified atom stereocenters. The fourth-order valence-corrected chi connectivity index (χ4v) is 4.85. The van der Waals surface area contributed by atoms with E-state index in [1.807, 2.05) is 24.8 Å². The number of aromatic nitrogens is 4. The van der Waals surface area contributed by atoms with Crippen molar-refractivity contribution in [1.29, 1.82) is 0 Å². The maximum Gasteiger partial charge on any atom is 0.145 e. The zero-order valence-corrected chi connectivity index (χ0v) is 16.0. The molecule has 4 aromatic heterocycles. The number of hydrogen-bond acceptors (Lipinski definition) is 2. The minimum absolute atomic E-state index is 0.968. The highest BCUT2D eigenvalue weighted by Gasteiger charge is 2.18. The van der Waals surface area contributed by atoms with Gasteiger partial charge in [0.2, 0.25) is 0 Å². The summed E-state index contributed by atoms with van der Waals surface area (Å²) in [5, 5.41) is 5.94. The Labute approximate surface area is 171 Å². The standard InChI is InChI=1S/C26H16N4/c1-2-6-17(7-3-1)30-23-9-5-4-8-18(23)19-10-11-20-24(25(19)30)21-16-27-13-12-22(21)29-15-14-28-26(20)29/h1-16H.